The first-order chi connectivity index (χ1) is 11.2. The molecule has 1 saturated carbocycles. The molecular weight excluding hydrogens is 293 g/mol. The van der Waals surface area contributed by atoms with Crippen molar-refractivity contribution < 1.29 is 13.9 Å². The molecule has 0 radical (unpaired) electrons. The third-order valence-corrected chi connectivity index (χ3v) is 4.09. The van der Waals surface area contributed by atoms with Gasteiger partial charge >= 0.3 is 0 Å². The lowest BCUT2D eigenvalue weighted by Crippen LogP contribution is -2.33. The van der Waals surface area contributed by atoms with E-state index in [2.05, 4.69) is 0 Å². The van der Waals surface area contributed by atoms with E-state index in [4.69, 9.17) is 4.74 Å². The Kier molecular flexibility index (Phi) is 4.60. The molecule has 120 valence electrons. The van der Waals surface area contributed by atoms with Crippen LogP contribution in [0.2, 0.25) is 0 Å². The summed E-state index contributed by atoms with van der Waals surface area (Å²) in [6.07, 6.45) is 2.43. The molecule has 2 aromatic rings. The maximum Gasteiger partial charge on any atom is 0.227 e. The third-order valence-electron chi connectivity index (χ3n) is 4.09. The van der Waals surface area contributed by atoms with Gasteiger partial charge in [-0.1, -0.05) is 24.3 Å². The van der Waals surface area contributed by atoms with Gasteiger partial charge in [-0.25, -0.2) is 4.39 Å². The van der Waals surface area contributed by atoms with Crippen LogP contribution in [0, 0.1) is 5.82 Å². The number of benzene rings is 2. The summed E-state index contributed by atoms with van der Waals surface area (Å²) in [7, 11) is 1.64. The molecule has 0 spiro atoms. The van der Waals surface area contributed by atoms with Gasteiger partial charge < -0.3 is 9.64 Å². The average Bonchev–Trinajstić information content (AvgIpc) is 3.40. The highest BCUT2D eigenvalue weighted by Gasteiger charge is 2.32. The van der Waals surface area contributed by atoms with Crippen LogP contribution >= 0.6 is 0 Å². The van der Waals surface area contributed by atoms with E-state index in [1.165, 1.54) is 12.1 Å². The van der Waals surface area contributed by atoms with Crippen molar-refractivity contribution in [3.8, 4) is 5.75 Å². The van der Waals surface area contributed by atoms with Crippen LogP contribution in [0.25, 0.3) is 0 Å². The number of nitrogens with zero attached hydrogens (tertiary/aromatic N) is 1. The topological polar surface area (TPSA) is 29.5 Å². The zero-order valence-corrected chi connectivity index (χ0v) is 13.2. The maximum atomic E-state index is 13.0. The number of hydrogen-bond donors (Lipinski definition) is 0. The molecule has 1 aliphatic carbocycles. The summed E-state index contributed by atoms with van der Waals surface area (Å²) in [5, 5.41) is 0. The van der Waals surface area contributed by atoms with E-state index in [0.717, 1.165) is 29.7 Å². The molecule has 3 rings (SSSR count). The minimum absolute atomic E-state index is 0.0925. The van der Waals surface area contributed by atoms with Gasteiger partial charge in [0.1, 0.15) is 11.6 Å². The highest BCUT2D eigenvalue weighted by molar-refractivity contribution is 5.79. The Balaban J connectivity index is 1.67. The molecule has 0 aliphatic heterocycles. The normalized spacial score (nSPS) is 13.7. The molecule has 0 heterocycles. The number of carbonyl (C=O) groups is 1. The standard InChI is InChI=1S/C19H20FNO2/c1-23-18-10-4-15(5-11-18)13-21(17-8-9-17)19(22)12-14-2-6-16(20)7-3-14/h2-7,10-11,17H,8-9,12-13H2,1H3. The average molecular weight is 313 g/mol. The van der Waals surface area contributed by atoms with E-state index in [-0.39, 0.29) is 11.7 Å². The second-order valence-corrected chi connectivity index (χ2v) is 5.90. The summed E-state index contributed by atoms with van der Waals surface area (Å²) in [4.78, 5) is 14.5. The van der Waals surface area contributed by atoms with E-state index < -0.39 is 0 Å². The molecule has 3 nitrogen and oxygen atoms in total. The molecule has 1 aliphatic rings. The quantitative estimate of drug-likeness (QED) is 0.816. The van der Waals surface area contributed by atoms with Crippen molar-refractivity contribution in [3.05, 3.63) is 65.5 Å². The van der Waals surface area contributed by atoms with Gasteiger partial charge in [0, 0.05) is 12.6 Å². The Morgan fingerprint density at radius 2 is 1.70 bits per heavy atom. The number of carbonyl (C=O) groups excluding carboxylic acids is 1. The van der Waals surface area contributed by atoms with Crippen molar-refractivity contribution in [3.63, 3.8) is 0 Å². The van der Waals surface area contributed by atoms with Gasteiger partial charge in [0.25, 0.3) is 0 Å². The number of hydrogen-bond acceptors (Lipinski definition) is 2. The maximum absolute atomic E-state index is 13.0. The van der Waals surface area contributed by atoms with Crippen molar-refractivity contribution >= 4 is 5.91 Å². The van der Waals surface area contributed by atoms with Crippen molar-refractivity contribution in [2.45, 2.75) is 31.8 Å². The monoisotopic (exact) mass is 313 g/mol. The summed E-state index contributed by atoms with van der Waals surface area (Å²) < 4.78 is 18.1. The zero-order chi connectivity index (χ0) is 16.2. The van der Waals surface area contributed by atoms with E-state index in [9.17, 15) is 9.18 Å². The van der Waals surface area contributed by atoms with Gasteiger partial charge in [-0.2, -0.15) is 0 Å². The van der Waals surface area contributed by atoms with E-state index >= 15 is 0 Å². The van der Waals surface area contributed by atoms with Crippen LogP contribution in [-0.2, 0) is 17.8 Å². The first-order valence-corrected chi connectivity index (χ1v) is 7.82. The minimum Gasteiger partial charge on any atom is -0.497 e. The summed E-state index contributed by atoms with van der Waals surface area (Å²) >= 11 is 0. The molecule has 2 aromatic carbocycles. The Labute approximate surface area is 135 Å². The molecule has 23 heavy (non-hydrogen) atoms. The predicted octanol–water partition coefficient (Wildman–Crippen LogP) is 3.57. The molecule has 0 atom stereocenters. The van der Waals surface area contributed by atoms with Crippen molar-refractivity contribution in [2.75, 3.05) is 7.11 Å². The Bertz CT molecular complexity index is 663. The Hall–Kier alpha value is -2.36. The minimum atomic E-state index is -0.279. The number of ether oxygens (including phenoxy) is 1. The number of amides is 1. The van der Waals surface area contributed by atoms with Gasteiger partial charge in [0.05, 0.1) is 13.5 Å². The fraction of sp³-hybridized carbons (Fsp3) is 0.316. The highest BCUT2D eigenvalue weighted by Crippen LogP contribution is 2.29. The zero-order valence-electron chi connectivity index (χ0n) is 13.2. The van der Waals surface area contributed by atoms with Crippen LogP contribution in [0.5, 0.6) is 5.75 Å². The second kappa shape index (κ2) is 6.82. The first-order valence-electron chi connectivity index (χ1n) is 7.82. The lowest BCUT2D eigenvalue weighted by Gasteiger charge is -2.23. The highest BCUT2D eigenvalue weighted by atomic mass is 19.1. The van der Waals surface area contributed by atoms with E-state index in [1.54, 1.807) is 19.2 Å². The lowest BCUT2D eigenvalue weighted by atomic mass is 10.1. The van der Waals surface area contributed by atoms with Crippen molar-refractivity contribution in [1.82, 2.24) is 4.90 Å². The molecule has 4 heteroatoms. The van der Waals surface area contributed by atoms with Gasteiger partial charge in [0.2, 0.25) is 5.91 Å². The van der Waals surface area contributed by atoms with Crippen molar-refractivity contribution in [1.29, 1.82) is 0 Å². The lowest BCUT2D eigenvalue weighted by molar-refractivity contribution is -0.131. The van der Waals surface area contributed by atoms with E-state index in [1.807, 2.05) is 29.2 Å². The van der Waals surface area contributed by atoms with Crippen LogP contribution in [0.1, 0.15) is 24.0 Å². The Morgan fingerprint density at radius 3 is 2.26 bits per heavy atom. The van der Waals surface area contributed by atoms with Crippen molar-refractivity contribution in [2.24, 2.45) is 0 Å². The first kappa shape index (κ1) is 15.5. The van der Waals surface area contributed by atoms with Crippen LogP contribution in [-0.4, -0.2) is 24.0 Å². The van der Waals surface area contributed by atoms with E-state index in [0.29, 0.717) is 19.0 Å². The Morgan fingerprint density at radius 1 is 1.09 bits per heavy atom. The summed E-state index contributed by atoms with van der Waals surface area (Å²) in [6, 6.07) is 14.3. The second-order valence-electron chi connectivity index (χ2n) is 5.90. The summed E-state index contributed by atoms with van der Waals surface area (Å²) in [5.41, 5.74) is 1.93. The van der Waals surface area contributed by atoms with Crippen LogP contribution in [0.4, 0.5) is 4.39 Å². The molecule has 0 aromatic heterocycles. The molecule has 0 bridgehead atoms. The summed E-state index contributed by atoms with van der Waals surface area (Å²) in [5.74, 6) is 0.623. The van der Waals surface area contributed by atoms with Gasteiger partial charge in [0.15, 0.2) is 0 Å². The smallest absolute Gasteiger partial charge is 0.227 e. The molecule has 0 N–H and O–H groups in total. The molecule has 0 saturated heterocycles. The largest absolute Gasteiger partial charge is 0.497 e. The molecule has 1 amide bonds. The third kappa shape index (κ3) is 4.09. The van der Waals surface area contributed by atoms with Crippen LogP contribution in [0.15, 0.2) is 48.5 Å². The predicted molar refractivity (Wildman–Crippen MR) is 86.7 cm³/mol. The van der Waals surface area contributed by atoms with Crippen LogP contribution < -0.4 is 4.74 Å². The van der Waals surface area contributed by atoms with Gasteiger partial charge in [-0.3, -0.25) is 4.79 Å². The number of rotatable bonds is 6. The molecular formula is C19H20FNO2. The van der Waals surface area contributed by atoms with Crippen LogP contribution in [0.3, 0.4) is 0 Å². The fourth-order valence-corrected chi connectivity index (χ4v) is 2.61. The molecule has 1 fully saturated rings. The van der Waals surface area contributed by atoms with Gasteiger partial charge in [-0.15, -0.1) is 0 Å². The number of halogens is 1. The summed E-state index contributed by atoms with van der Waals surface area (Å²) in [6.45, 7) is 0.606. The molecule has 0 unspecified atom stereocenters. The fourth-order valence-electron chi connectivity index (χ4n) is 2.61. The van der Waals surface area contributed by atoms with Gasteiger partial charge in [-0.05, 0) is 48.2 Å². The number of methoxy groups -OCH3 is 1. The SMILES string of the molecule is COc1ccc(CN(C(=O)Cc2ccc(F)cc2)C2CC2)cc1.